The molecule has 6 heteroatoms. The summed E-state index contributed by atoms with van der Waals surface area (Å²) in [6.07, 6.45) is 0. The monoisotopic (exact) mass is 411 g/mol. The average molecular weight is 412 g/mol. The molecular formula is C14H7ClIN3S. The summed E-state index contributed by atoms with van der Waals surface area (Å²) in [6.45, 7) is 0. The summed E-state index contributed by atoms with van der Waals surface area (Å²) >= 11 is 13.9. The van der Waals surface area contributed by atoms with E-state index in [4.69, 9.17) is 29.1 Å². The van der Waals surface area contributed by atoms with Gasteiger partial charge in [-0.2, -0.15) is 5.26 Å². The predicted octanol–water partition coefficient (Wildman–Crippen LogP) is 4.82. The largest absolute Gasteiger partial charge is 0.330 e. The Bertz CT molecular complexity index is 920. The van der Waals surface area contributed by atoms with Crippen LogP contribution in [0.3, 0.4) is 0 Å². The molecular weight excluding hydrogens is 405 g/mol. The van der Waals surface area contributed by atoms with E-state index in [2.05, 4.69) is 33.6 Å². The van der Waals surface area contributed by atoms with Crippen LogP contribution in [0.25, 0.3) is 16.7 Å². The van der Waals surface area contributed by atoms with Crippen molar-refractivity contribution in [1.82, 2.24) is 9.55 Å². The molecule has 3 rings (SSSR count). The number of fused-ring (bicyclic) bond motifs is 1. The first-order valence-electron chi connectivity index (χ1n) is 5.70. The normalized spacial score (nSPS) is 10.7. The Morgan fingerprint density at radius 1 is 1.25 bits per heavy atom. The van der Waals surface area contributed by atoms with Gasteiger partial charge in [0.15, 0.2) is 4.77 Å². The third-order valence-electron chi connectivity index (χ3n) is 2.96. The fraction of sp³-hybridized carbons (Fsp3) is 0. The zero-order valence-corrected chi connectivity index (χ0v) is 13.8. The van der Waals surface area contributed by atoms with Crippen molar-refractivity contribution in [2.75, 3.05) is 0 Å². The molecule has 3 nitrogen and oxygen atoms in total. The molecule has 0 aliphatic heterocycles. The van der Waals surface area contributed by atoms with Gasteiger partial charge in [-0.1, -0.05) is 11.6 Å². The van der Waals surface area contributed by atoms with E-state index in [0.29, 0.717) is 21.0 Å². The van der Waals surface area contributed by atoms with Gasteiger partial charge >= 0.3 is 0 Å². The first-order chi connectivity index (χ1) is 9.60. The van der Waals surface area contributed by atoms with Crippen LogP contribution in [0.1, 0.15) is 5.56 Å². The number of aromatic amines is 1. The van der Waals surface area contributed by atoms with Crippen molar-refractivity contribution in [3.05, 3.63) is 55.3 Å². The van der Waals surface area contributed by atoms with Gasteiger partial charge in [0, 0.05) is 3.57 Å². The molecule has 0 atom stereocenters. The molecule has 0 fully saturated rings. The molecule has 2 aromatic carbocycles. The summed E-state index contributed by atoms with van der Waals surface area (Å²) in [5.74, 6) is 0. The summed E-state index contributed by atoms with van der Waals surface area (Å²) in [7, 11) is 0. The Labute approximate surface area is 138 Å². The molecule has 3 aromatic rings. The molecule has 0 radical (unpaired) electrons. The van der Waals surface area contributed by atoms with E-state index in [1.165, 1.54) is 0 Å². The van der Waals surface area contributed by atoms with Crippen LogP contribution in [0, 0.1) is 19.7 Å². The first kappa shape index (κ1) is 13.6. The molecule has 0 spiro atoms. The van der Waals surface area contributed by atoms with Crippen molar-refractivity contribution in [2.24, 2.45) is 0 Å². The standard InChI is InChI=1S/C14H7ClIN3S/c15-10-3-1-8(7-17)5-13(10)19-12-4-2-9(16)6-11(12)18-14(19)20/h1-6H,(H,18,20). The fourth-order valence-electron chi connectivity index (χ4n) is 2.08. The number of imidazole rings is 1. The minimum Gasteiger partial charge on any atom is -0.330 e. The second kappa shape index (κ2) is 5.20. The molecule has 0 aliphatic carbocycles. The highest BCUT2D eigenvalue weighted by Crippen LogP contribution is 2.27. The van der Waals surface area contributed by atoms with E-state index >= 15 is 0 Å². The van der Waals surface area contributed by atoms with Gasteiger partial charge in [-0.3, -0.25) is 4.57 Å². The highest BCUT2D eigenvalue weighted by molar-refractivity contribution is 14.1. The molecule has 0 bridgehead atoms. The molecule has 0 aliphatic rings. The van der Waals surface area contributed by atoms with Crippen LogP contribution < -0.4 is 0 Å². The fourth-order valence-corrected chi connectivity index (χ4v) is 3.08. The molecule has 1 heterocycles. The van der Waals surface area contributed by atoms with Gasteiger partial charge in [-0.05, 0) is 71.2 Å². The number of halogens is 2. The molecule has 0 amide bonds. The molecule has 20 heavy (non-hydrogen) atoms. The number of hydrogen-bond acceptors (Lipinski definition) is 2. The Hall–Kier alpha value is -1.36. The maximum atomic E-state index is 9.03. The van der Waals surface area contributed by atoms with Gasteiger partial charge in [0.25, 0.3) is 0 Å². The van der Waals surface area contributed by atoms with Gasteiger partial charge in [0.05, 0.1) is 33.4 Å². The lowest BCUT2D eigenvalue weighted by atomic mass is 10.2. The van der Waals surface area contributed by atoms with Crippen LogP contribution in [0.4, 0.5) is 0 Å². The number of H-pyrrole nitrogens is 1. The predicted molar refractivity (Wildman–Crippen MR) is 90.9 cm³/mol. The summed E-state index contributed by atoms with van der Waals surface area (Å²) < 4.78 is 3.53. The Morgan fingerprint density at radius 3 is 2.80 bits per heavy atom. The molecule has 98 valence electrons. The van der Waals surface area contributed by atoms with E-state index in [1.807, 2.05) is 22.8 Å². The maximum Gasteiger partial charge on any atom is 0.182 e. The zero-order chi connectivity index (χ0) is 14.3. The Balaban J connectivity index is 2.38. The second-order valence-corrected chi connectivity index (χ2v) is 6.24. The van der Waals surface area contributed by atoms with Crippen LogP contribution in [-0.2, 0) is 0 Å². The van der Waals surface area contributed by atoms with Gasteiger partial charge in [0.1, 0.15) is 0 Å². The van der Waals surface area contributed by atoms with Crippen LogP contribution in [0.2, 0.25) is 5.02 Å². The lowest BCUT2D eigenvalue weighted by Gasteiger charge is -2.07. The summed E-state index contributed by atoms with van der Waals surface area (Å²) in [5.41, 5.74) is 3.14. The van der Waals surface area contributed by atoms with E-state index in [1.54, 1.807) is 18.2 Å². The molecule has 0 saturated carbocycles. The van der Waals surface area contributed by atoms with Crippen molar-refractivity contribution in [1.29, 1.82) is 5.26 Å². The number of nitrogens with zero attached hydrogens (tertiary/aromatic N) is 2. The summed E-state index contributed by atoms with van der Waals surface area (Å²) in [6, 6.07) is 13.3. The molecule has 1 aromatic heterocycles. The minimum atomic E-state index is 0.547. The van der Waals surface area contributed by atoms with Gasteiger partial charge < -0.3 is 4.98 Å². The van der Waals surface area contributed by atoms with Crippen LogP contribution in [0.5, 0.6) is 0 Å². The number of nitrogens with one attached hydrogen (secondary N) is 1. The first-order valence-corrected chi connectivity index (χ1v) is 7.57. The van der Waals surface area contributed by atoms with Crippen molar-refractivity contribution in [3.8, 4) is 11.8 Å². The van der Waals surface area contributed by atoms with Gasteiger partial charge in [-0.15, -0.1) is 0 Å². The molecule has 0 saturated heterocycles. The number of rotatable bonds is 1. The number of aromatic nitrogens is 2. The highest BCUT2D eigenvalue weighted by atomic mass is 127. The Kier molecular flexibility index (Phi) is 3.54. The summed E-state index contributed by atoms with van der Waals surface area (Å²) in [4.78, 5) is 3.16. The van der Waals surface area contributed by atoms with Crippen molar-refractivity contribution in [2.45, 2.75) is 0 Å². The lowest BCUT2D eigenvalue weighted by molar-refractivity contribution is 1.06. The third-order valence-corrected chi connectivity index (χ3v) is 4.24. The van der Waals surface area contributed by atoms with Crippen LogP contribution >= 0.6 is 46.4 Å². The van der Waals surface area contributed by atoms with E-state index in [0.717, 1.165) is 14.6 Å². The number of benzene rings is 2. The van der Waals surface area contributed by atoms with E-state index in [9.17, 15) is 0 Å². The number of hydrogen-bond donors (Lipinski definition) is 1. The van der Waals surface area contributed by atoms with Gasteiger partial charge in [0.2, 0.25) is 0 Å². The lowest BCUT2D eigenvalue weighted by Crippen LogP contribution is -1.96. The van der Waals surface area contributed by atoms with Crippen LogP contribution in [0.15, 0.2) is 36.4 Å². The SMILES string of the molecule is N#Cc1ccc(Cl)c(-n2c(=S)[nH]c3cc(I)ccc32)c1. The minimum absolute atomic E-state index is 0.547. The highest BCUT2D eigenvalue weighted by Gasteiger charge is 2.10. The zero-order valence-electron chi connectivity index (χ0n) is 10.0. The smallest absolute Gasteiger partial charge is 0.182 e. The average Bonchev–Trinajstić information content (AvgIpc) is 2.74. The third kappa shape index (κ3) is 2.24. The number of nitriles is 1. The summed E-state index contributed by atoms with van der Waals surface area (Å²) in [5, 5.41) is 9.59. The van der Waals surface area contributed by atoms with Crippen molar-refractivity contribution < 1.29 is 0 Å². The molecule has 0 unspecified atom stereocenters. The molecule has 1 N–H and O–H groups in total. The maximum absolute atomic E-state index is 9.03. The van der Waals surface area contributed by atoms with E-state index < -0.39 is 0 Å². The second-order valence-electron chi connectivity index (χ2n) is 4.21. The van der Waals surface area contributed by atoms with Crippen molar-refractivity contribution in [3.63, 3.8) is 0 Å². The van der Waals surface area contributed by atoms with E-state index in [-0.39, 0.29) is 0 Å². The Morgan fingerprint density at radius 2 is 2.05 bits per heavy atom. The van der Waals surface area contributed by atoms with Gasteiger partial charge in [-0.25, -0.2) is 0 Å². The van der Waals surface area contributed by atoms with Crippen LogP contribution in [-0.4, -0.2) is 9.55 Å². The topological polar surface area (TPSA) is 44.5 Å². The van der Waals surface area contributed by atoms with Crippen molar-refractivity contribution >= 4 is 57.4 Å². The quantitative estimate of drug-likeness (QED) is 0.461.